The van der Waals surface area contributed by atoms with Crippen molar-refractivity contribution >= 4 is 54.3 Å². The summed E-state index contributed by atoms with van der Waals surface area (Å²) < 4.78 is 7.98. The first-order chi connectivity index (χ1) is 18.8. The summed E-state index contributed by atoms with van der Waals surface area (Å²) in [7, 11) is 0. The Balaban J connectivity index is 1.48. The highest BCUT2D eigenvalue weighted by atomic mass is 16.3. The summed E-state index contributed by atoms with van der Waals surface area (Å²) in [4.78, 5) is 18.7. The summed E-state index contributed by atoms with van der Waals surface area (Å²) in [5, 5.41) is 8.36. The van der Waals surface area contributed by atoms with Gasteiger partial charge in [0.2, 0.25) is 0 Å². The number of nitrogens with zero attached hydrogens (tertiary/aromatic N) is 2. The second kappa shape index (κ2) is 7.89. The zero-order valence-corrected chi connectivity index (χ0v) is 20.3. The van der Waals surface area contributed by atoms with Gasteiger partial charge in [-0.2, -0.15) is 0 Å². The van der Waals surface area contributed by atoms with Crippen LogP contribution in [0, 0.1) is 0 Å². The first-order valence-electron chi connectivity index (χ1n) is 12.6. The van der Waals surface area contributed by atoms with E-state index in [1.165, 1.54) is 16.2 Å². The molecule has 0 atom stereocenters. The predicted octanol–water partition coefficient (Wildman–Crippen LogP) is 8.26. The number of rotatable bonds is 2. The van der Waals surface area contributed by atoms with Crippen LogP contribution in [0.25, 0.3) is 71.3 Å². The van der Waals surface area contributed by atoms with Crippen molar-refractivity contribution < 1.29 is 4.42 Å². The molecular formula is C34H20N2O2. The molecule has 4 heteroatoms. The second-order valence-corrected chi connectivity index (χ2v) is 9.56. The Morgan fingerprint density at radius 1 is 0.553 bits per heavy atom. The normalized spacial score (nSPS) is 11.8. The van der Waals surface area contributed by atoms with Gasteiger partial charge in [0.05, 0.1) is 16.5 Å². The van der Waals surface area contributed by atoms with Gasteiger partial charge in [-0.15, -0.1) is 0 Å². The van der Waals surface area contributed by atoms with Crippen LogP contribution >= 0.6 is 0 Å². The van der Waals surface area contributed by atoms with Gasteiger partial charge in [0.1, 0.15) is 5.76 Å². The number of benzene rings is 5. The van der Waals surface area contributed by atoms with Crippen LogP contribution in [0.4, 0.5) is 0 Å². The summed E-state index contributed by atoms with van der Waals surface area (Å²) >= 11 is 0. The van der Waals surface area contributed by atoms with E-state index < -0.39 is 0 Å². The minimum atomic E-state index is -0.151. The van der Waals surface area contributed by atoms with Crippen LogP contribution in [0.2, 0.25) is 0 Å². The standard InChI is InChI=1S/C34H20N2O2/c37-34-30-20-31(21-9-2-1-3-10-21)38-32(30)28-15-8-18-35-33(28)36(34)22-16-17-27-25-13-5-4-11-23(25)24-12-6-7-14-26(24)29(27)19-22/h1-20H. The van der Waals surface area contributed by atoms with E-state index >= 15 is 0 Å². The summed E-state index contributed by atoms with van der Waals surface area (Å²) in [6.07, 6.45) is 1.72. The van der Waals surface area contributed by atoms with Crippen molar-refractivity contribution in [2.45, 2.75) is 0 Å². The number of furan rings is 1. The molecule has 0 fully saturated rings. The molecule has 0 aliphatic carbocycles. The highest BCUT2D eigenvalue weighted by Crippen LogP contribution is 2.37. The van der Waals surface area contributed by atoms with Crippen LogP contribution in [0.15, 0.2) is 131 Å². The van der Waals surface area contributed by atoms with Crippen LogP contribution in [-0.2, 0) is 0 Å². The van der Waals surface area contributed by atoms with E-state index in [-0.39, 0.29) is 5.56 Å². The molecule has 0 N–H and O–H groups in total. The van der Waals surface area contributed by atoms with Crippen LogP contribution in [0.3, 0.4) is 0 Å². The SMILES string of the molecule is O=c1c2cc(-c3ccccc3)oc2c2cccnc2n1-c1ccc2c3ccccc3c3ccccc3c2c1. The van der Waals surface area contributed by atoms with E-state index in [4.69, 9.17) is 4.42 Å². The van der Waals surface area contributed by atoms with Crippen molar-refractivity contribution in [2.24, 2.45) is 0 Å². The number of pyridine rings is 2. The number of aromatic nitrogens is 2. The molecule has 0 bridgehead atoms. The van der Waals surface area contributed by atoms with Crippen molar-refractivity contribution in [2.75, 3.05) is 0 Å². The zero-order valence-electron chi connectivity index (χ0n) is 20.3. The molecule has 0 saturated heterocycles. The van der Waals surface area contributed by atoms with Crippen molar-refractivity contribution in [3.63, 3.8) is 0 Å². The molecular weight excluding hydrogens is 468 g/mol. The molecule has 0 saturated carbocycles. The van der Waals surface area contributed by atoms with E-state index in [1.807, 2.05) is 54.6 Å². The van der Waals surface area contributed by atoms with Gasteiger partial charge < -0.3 is 4.42 Å². The quantitative estimate of drug-likeness (QED) is 0.230. The summed E-state index contributed by atoms with van der Waals surface area (Å²) in [5.41, 5.74) is 2.68. The van der Waals surface area contributed by atoms with E-state index in [0.717, 1.165) is 32.8 Å². The third kappa shape index (κ3) is 2.91. The van der Waals surface area contributed by atoms with Gasteiger partial charge in [-0.3, -0.25) is 9.36 Å². The molecule has 0 radical (unpaired) electrons. The van der Waals surface area contributed by atoms with Crippen LogP contribution in [0.5, 0.6) is 0 Å². The summed E-state index contributed by atoms with van der Waals surface area (Å²) in [6.45, 7) is 0. The number of fused-ring (bicyclic) bond motifs is 9. The molecule has 3 heterocycles. The molecule has 178 valence electrons. The van der Waals surface area contributed by atoms with Crippen molar-refractivity contribution in [1.82, 2.24) is 9.55 Å². The Hall–Kier alpha value is -5.22. The molecule has 4 nitrogen and oxygen atoms in total. The second-order valence-electron chi connectivity index (χ2n) is 9.56. The Morgan fingerprint density at radius 3 is 1.87 bits per heavy atom. The van der Waals surface area contributed by atoms with E-state index in [0.29, 0.717) is 22.4 Å². The first kappa shape index (κ1) is 20.9. The monoisotopic (exact) mass is 488 g/mol. The number of hydrogen-bond donors (Lipinski definition) is 0. The third-order valence-electron chi connectivity index (χ3n) is 7.45. The number of hydrogen-bond acceptors (Lipinski definition) is 3. The van der Waals surface area contributed by atoms with Gasteiger partial charge in [-0.05, 0) is 62.6 Å². The third-order valence-corrected chi connectivity index (χ3v) is 7.45. The lowest BCUT2D eigenvalue weighted by Crippen LogP contribution is -2.19. The van der Waals surface area contributed by atoms with E-state index in [9.17, 15) is 4.79 Å². The maximum absolute atomic E-state index is 14.1. The Bertz CT molecular complexity index is 2220. The largest absolute Gasteiger partial charge is 0.455 e. The molecule has 8 aromatic rings. The fourth-order valence-electron chi connectivity index (χ4n) is 5.74. The van der Waals surface area contributed by atoms with Crippen LogP contribution in [-0.4, -0.2) is 9.55 Å². The average Bonchev–Trinajstić information content (AvgIpc) is 3.44. The minimum absolute atomic E-state index is 0.151. The van der Waals surface area contributed by atoms with E-state index in [1.54, 1.807) is 10.8 Å². The van der Waals surface area contributed by atoms with Gasteiger partial charge in [0, 0.05) is 11.8 Å². The fraction of sp³-hybridized carbons (Fsp3) is 0. The zero-order chi connectivity index (χ0) is 25.2. The van der Waals surface area contributed by atoms with Crippen molar-refractivity contribution in [3.8, 4) is 17.0 Å². The van der Waals surface area contributed by atoms with Crippen molar-refractivity contribution in [3.05, 3.63) is 132 Å². The van der Waals surface area contributed by atoms with Gasteiger partial charge >= 0.3 is 0 Å². The van der Waals surface area contributed by atoms with Crippen molar-refractivity contribution in [1.29, 1.82) is 0 Å². The predicted molar refractivity (Wildman–Crippen MR) is 155 cm³/mol. The fourth-order valence-corrected chi connectivity index (χ4v) is 5.74. The Morgan fingerprint density at radius 2 is 1.16 bits per heavy atom. The molecule has 0 aliphatic heterocycles. The van der Waals surface area contributed by atoms with Crippen LogP contribution in [0.1, 0.15) is 0 Å². The Kier molecular flexibility index (Phi) is 4.34. The minimum Gasteiger partial charge on any atom is -0.455 e. The highest BCUT2D eigenvalue weighted by molar-refractivity contribution is 6.25. The maximum atomic E-state index is 14.1. The van der Waals surface area contributed by atoms with Gasteiger partial charge in [-0.1, -0.05) is 84.9 Å². The van der Waals surface area contributed by atoms with E-state index in [2.05, 4.69) is 65.6 Å². The lowest BCUT2D eigenvalue weighted by atomic mass is 9.94. The molecule has 5 aromatic carbocycles. The molecule has 38 heavy (non-hydrogen) atoms. The van der Waals surface area contributed by atoms with Crippen LogP contribution < -0.4 is 5.56 Å². The summed E-state index contributed by atoms with van der Waals surface area (Å²) in [5.74, 6) is 0.663. The maximum Gasteiger partial charge on any atom is 0.267 e. The molecule has 8 rings (SSSR count). The first-order valence-corrected chi connectivity index (χ1v) is 12.6. The smallest absolute Gasteiger partial charge is 0.267 e. The lowest BCUT2D eigenvalue weighted by molar-refractivity contribution is 0.634. The molecule has 0 amide bonds. The molecule has 0 unspecified atom stereocenters. The van der Waals surface area contributed by atoms with Gasteiger partial charge in [0.15, 0.2) is 11.2 Å². The van der Waals surface area contributed by atoms with Gasteiger partial charge in [-0.25, -0.2) is 4.98 Å². The summed E-state index contributed by atoms with van der Waals surface area (Å²) in [6, 6.07) is 38.7. The molecule has 3 aromatic heterocycles. The average molecular weight is 489 g/mol. The topological polar surface area (TPSA) is 48.0 Å². The lowest BCUT2D eigenvalue weighted by Gasteiger charge is -2.14. The molecule has 0 aliphatic rings. The Labute approximate surface area is 217 Å². The van der Waals surface area contributed by atoms with Gasteiger partial charge in [0.25, 0.3) is 5.56 Å². The highest BCUT2D eigenvalue weighted by Gasteiger charge is 2.19. The molecule has 0 spiro atoms.